The van der Waals surface area contributed by atoms with Gasteiger partial charge in [0.1, 0.15) is 5.75 Å². The van der Waals surface area contributed by atoms with E-state index in [9.17, 15) is 0 Å². The average Bonchev–Trinajstić information content (AvgIpc) is 2.53. The van der Waals surface area contributed by atoms with Gasteiger partial charge < -0.3 is 10.1 Å². The Bertz CT molecular complexity index is 470. The summed E-state index contributed by atoms with van der Waals surface area (Å²) in [5.41, 5.74) is 2.41. The molecule has 0 aliphatic rings. The summed E-state index contributed by atoms with van der Waals surface area (Å²) in [5, 5.41) is 4.21. The van der Waals surface area contributed by atoms with Crippen molar-refractivity contribution in [1.82, 2.24) is 15.3 Å². The third kappa shape index (κ3) is 5.91. The highest BCUT2D eigenvalue weighted by atomic mass is 35.5. The van der Waals surface area contributed by atoms with E-state index in [1.165, 1.54) is 5.56 Å². The fourth-order valence-corrected chi connectivity index (χ4v) is 2.11. The van der Waals surface area contributed by atoms with Crippen LogP contribution < -0.4 is 10.1 Å². The highest BCUT2D eigenvalue weighted by Gasteiger charge is 1.97. The largest absolute Gasteiger partial charge is 0.497 e. The van der Waals surface area contributed by atoms with Crippen LogP contribution >= 0.6 is 24.2 Å². The van der Waals surface area contributed by atoms with Gasteiger partial charge in [-0.15, -0.1) is 12.4 Å². The lowest BCUT2D eigenvalue weighted by atomic mass is 10.1. The van der Waals surface area contributed by atoms with E-state index >= 15 is 0 Å². The van der Waals surface area contributed by atoms with Gasteiger partial charge in [0.05, 0.1) is 7.11 Å². The summed E-state index contributed by atoms with van der Waals surface area (Å²) >= 11 is 1.55. The van der Waals surface area contributed by atoms with Gasteiger partial charge in [0.2, 0.25) is 0 Å². The van der Waals surface area contributed by atoms with Crippen molar-refractivity contribution < 1.29 is 4.74 Å². The van der Waals surface area contributed by atoms with Gasteiger partial charge in [0.15, 0.2) is 5.16 Å². The summed E-state index contributed by atoms with van der Waals surface area (Å²) in [6.45, 7) is 1.72. The molecule has 0 saturated heterocycles. The first-order valence-corrected chi connectivity index (χ1v) is 7.73. The van der Waals surface area contributed by atoms with E-state index in [1.54, 1.807) is 18.9 Å². The molecular weight excluding hydrogens is 306 g/mol. The number of methoxy groups -OCH3 is 1. The summed E-state index contributed by atoms with van der Waals surface area (Å²) in [7, 11) is 1.68. The van der Waals surface area contributed by atoms with E-state index in [-0.39, 0.29) is 12.4 Å². The van der Waals surface area contributed by atoms with Gasteiger partial charge in [-0.1, -0.05) is 23.9 Å². The molecule has 4 nitrogen and oxygen atoms in total. The number of thioether (sulfide) groups is 1. The summed E-state index contributed by atoms with van der Waals surface area (Å²) in [4.78, 5) is 8.50. The van der Waals surface area contributed by atoms with Crippen LogP contribution in [0.25, 0.3) is 0 Å². The smallest absolute Gasteiger partial charge is 0.187 e. The zero-order valence-corrected chi connectivity index (χ0v) is 13.8. The Labute approximate surface area is 136 Å². The van der Waals surface area contributed by atoms with E-state index in [1.807, 2.05) is 30.8 Å². The van der Waals surface area contributed by atoms with Crippen LogP contribution in [0.3, 0.4) is 0 Å². The maximum atomic E-state index is 5.14. The Balaban J connectivity index is 0.00000220. The number of nitrogens with zero attached hydrogens (tertiary/aromatic N) is 2. The summed E-state index contributed by atoms with van der Waals surface area (Å²) in [6.07, 6.45) is 6.72. The van der Waals surface area contributed by atoms with E-state index in [4.69, 9.17) is 4.74 Å². The molecule has 6 heteroatoms. The minimum Gasteiger partial charge on any atom is -0.497 e. The first-order chi connectivity index (χ1) is 9.81. The molecule has 0 spiro atoms. The van der Waals surface area contributed by atoms with Crippen molar-refractivity contribution in [1.29, 1.82) is 0 Å². The van der Waals surface area contributed by atoms with Gasteiger partial charge in [-0.2, -0.15) is 0 Å². The molecule has 1 N–H and O–H groups in total. The third-order valence-corrected chi connectivity index (χ3v) is 3.52. The highest BCUT2D eigenvalue weighted by Crippen LogP contribution is 2.11. The van der Waals surface area contributed by atoms with E-state index in [0.29, 0.717) is 0 Å². The Morgan fingerprint density at radius 2 is 1.76 bits per heavy atom. The standard InChI is InChI=1S/C15H19N3OS.ClH/c1-19-14-5-3-12(4-6-14)7-8-16-9-13-10-17-15(20-2)18-11-13;/h3-6,10-11,16H,7-9H2,1-2H3;1H. The average molecular weight is 326 g/mol. The Kier molecular flexibility index (Phi) is 8.12. The minimum absolute atomic E-state index is 0. The second-order valence-electron chi connectivity index (χ2n) is 4.35. The molecule has 0 aliphatic heterocycles. The first kappa shape index (κ1) is 17.8. The number of rotatable bonds is 7. The normalized spacial score (nSPS) is 10.0. The topological polar surface area (TPSA) is 47.0 Å². The van der Waals surface area contributed by atoms with Crippen LogP contribution in [0.5, 0.6) is 5.75 Å². The molecular formula is C15H20ClN3OS. The maximum absolute atomic E-state index is 5.14. The molecule has 0 fully saturated rings. The van der Waals surface area contributed by atoms with Gasteiger partial charge in [0, 0.05) is 24.5 Å². The van der Waals surface area contributed by atoms with Gasteiger partial charge in [-0.25, -0.2) is 9.97 Å². The van der Waals surface area contributed by atoms with Gasteiger partial charge >= 0.3 is 0 Å². The predicted molar refractivity (Wildman–Crippen MR) is 89.5 cm³/mol. The molecule has 0 aliphatic carbocycles. The van der Waals surface area contributed by atoms with Gasteiger partial charge in [-0.05, 0) is 36.9 Å². The SMILES string of the molecule is COc1ccc(CCNCc2cnc(SC)nc2)cc1.Cl. The summed E-state index contributed by atoms with van der Waals surface area (Å²) < 4.78 is 5.14. The van der Waals surface area contributed by atoms with Crippen molar-refractivity contribution in [3.05, 3.63) is 47.8 Å². The van der Waals surface area contributed by atoms with Crippen LogP contribution in [0.2, 0.25) is 0 Å². The van der Waals surface area contributed by atoms with Crippen molar-refractivity contribution in [2.75, 3.05) is 19.9 Å². The monoisotopic (exact) mass is 325 g/mol. The van der Waals surface area contributed by atoms with Gasteiger partial charge in [-0.3, -0.25) is 0 Å². The summed E-state index contributed by atoms with van der Waals surface area (Å²) in [6, 6.07) is 8.17. The van der Waals surface area contributed by atoms with Crippen LogP contribution in [-0.4, -0.2) is 29.9 Å². The fraction of sp³-hybridized carbons (Fsp3) is 0.333. The molecule has 0 bridgehead atoms. The molecule has 0 radical (unpaired) electrons. The van der Waals surface area contributed by atoms with Crippen molar-refractivity contribution in [2.24, 2.45) is 0 Å². The second kappa shape index (κ2) is 9.60. The Morgan fingerprint density at radius 1 is 1.10 bits per heavy atom. The number of hydrogen-bond acceptors (Lipinski definition) is 5. The third-order valence-electron chi connectivity index (χ3n) is 2.94. The number of nitrogens with one attached hydrogen (secondary N) is 1. The lowest BCUT2D eigenvalue weighted by Gasteiger charge is -2.06. The zero-order valence-electron chi connectivity index (χ0n) is 12.2. The lowest BCUT2D eigenvalue weighted by molar-refractivity contribution is 0.414. The lowest BCUT2D eigenvalue weighted by Crippen LogP contribution is -2.17. The fourth-order valence-electron chi connectivity index (χ4n) is 1.80. The molecule has 1 heterocycles. The number of benzene rings is 1. The number of aromatic nitrogens is 2. The highest BCUT2D eigenvalue weighted by molar-refractivity contribution is 7.98. The van der Waals surface area contributed by atoms with Gasteiger partial charge in [0.25, 0.3) is 0 Å². The second-order valence-corrected chi connectivity index (χ2v) is 5.13. The molecule has 2 rings (SSSR count). The molecule has 1 aromatic carbocycles. The number of hydrogen-bond donors (Lipinski definition) is 1. The maximum Gasteiger partial charge on any atom is 0.187 e. The van der Waals surface area contributed by atoms with Crippen LogP contribution in [0.1, 0.15) is 11.1 Å². The molecule has 21 heavy (non-hydrogen) atoms. The van der Waals surface area contributed by atoms with Crippen LogP contribution in [0, 0.1) is 0 Å². The quantitative estimate of drug-likeness (QED) is 0.482. The molecule has 0 atom stereocenters. The van der Waals surface area contributed by atoms with Crippen molar-refractivity contribution in [2.45, 2.75) is 18.1 Å². The molecule has 0 amide bonds. The number of halogens is 1. The molecule has 1 aromatic heterocycles. The molecule has 0 unspecified atom stereocenters. The molecule has 114 valence electrons. The van der Waals surface area contributed by atoms with Crippen LogP contribution in [0.4, 0.5) is 0 Å². The van der Waals surface area contributed by atoms with E-state index < -0.39 is 0 Å². The molecule has 0 saturated carbocycles. The van der Waals surface area contributed by atoms with Crippen molar-refractivity contribution in [3.63, 3.8) is 0 Å². The van der Waals surface area contributed by atoms with E-state index in [2.05, 4.69) is 27.4 Å². The van der Waals surface area contributed by atoms with Crippen molar-refractivity contribution in [3.8, 4) is 5.75 Å². The molecule has 2 aromatic rings. The summed E-state index contributed by atoms with van der Waals surface area (Å²) in [5.74, 6) is 0.896. The van der Waals surface area contributed by atoms with Crippen molar-refractivity contribution >= 4 is 24.2 Å². The zero-order chi connectivity index (χ0) is 14.2. The Hall–Kier alpha value is -1.30. The Morgan fingerprint density at radius 3 is 2.33 bits per heavy atom. The predicted octanol–water partition coefficient (Wildman–Crippen LogP) is 2.96. The van der Waals surface area contributed by atoms with E-state index in [0.717, 1.165) is 36.0 Å². The number of ether oxygens (including phenoxy) is 1. The minimum atomic E-state index is 0. The van der Waals surface area contributed by atoms with Crippen LogP contribution in [0.15, 0.2) is 41.8 Å². The first-order valence-electron chi connectivity index (χ1n) is 6.50. The van der Waals surface area contributed by atoms with Crippen LogP contribution in [-0.2, 0) is 13.0 Å².